The predicted octanol–water partition coefficient (Wildman–Crippen LogP) is 3.46. The number of hydrogen-bond donors (Lipinski definition) is 1. The Kier molecular flexibility index (Phi) is 6.00. The van der Waals surface area contributed by atoms with Crippen molar-refractivity contribution in [3.8, 4) is 0 Å². The molecule has 0 radical (unpaired) electrons. The highest BCUT2D eigenvalue weighted by atomic mass is 32.1. The maximum atomic E-state index is 12.8. The van der Waals surface area contributed by atoms with Gasteiger partial charge in [-0.05, 0) is 42.3 Å². The van der Waals surface area contributed by atoms with Crippen molar-refractivity contribution in [2.24, 2.45) is 11.8 Å². The van der Waals surface area contributed by atoms with Crippen LogP contribution in [0.3, 0.4) is 0 Å². The van der Waals surface area contributed by atoms with Gasteiger partial charge >= 0.3 is 0 Å². The van der Waals surface area contributed by atoms with Gasteiger partial charge in [-0.2, -0.15) is 12.6 Å². The van der Waals surface area contributed by atoms with E-state index >= 15 is 0 Å². The van der Waals surface area contributed by atoms with Gasteiger partial charge in [-0.1, -0.05) is 26.0 Å². The van der Waals surface area contributed by atoms with Crippen molar-refractivity contribution in [1.82, 2.24) is 4.90 Å². The van der Waals surface area contributed by atoms with Crippen LogP contribution in [0.4, 0.5) is 4.39 Å². The number of halogens is 1. The average molecular weight is 255 g/mol. The monoisotopic (exact) mass is 255 g/mol. The van der Waals surface area contributed by atoms with Gasteiger partial charge in [-0.25, -0.2) is 4.39 Å². The molecule has 1 aromatic carbocycles. The molecule has 0 saturated heterocycles. The molecule has 1 rings (SSSR count). The zero-order valence-corrected chi connectivity index (χ0v) is 11.8. The fourth-order valence-electron chi connectivity index (χ4n) is 1.85. The summed E-state index contributed by atoms with van der Waals surface area (Å²) in [6.07, 6.45) is 0. The minimum atomic E-state index is -0.174. The fraction of sp³-hybridized carbons (Fsp3) is 0.571. The minimum absolute atomic E-state index is 0.174. The highest BCUT2D eigenvalue weighted by Crippen LogP contribution is 2.15. The third-order valence-corrected chi connectivity index (χ3v) is 3.56. The second-order valence-corrected chi connectivity index (χ2v) is 5.38. The van der Waals surface area contributed by atoms with Crippen molar-refractivity contribution in [3.63, 3.8) is 0 Å². The van der Waals surface area contributed by atoms with Gasteiger partial charge in [0.05, 0.1) is 0 Å². The topological polar surface area (TPSA) is 3.24 Å². The Morgan fingerprint density at radius 1 is 1.24 bits per heavy atom. The summed E-state index contributed by atoms with van der Waals surface area (Å²) in [6.45, 7) is 6.34. The molecule has 17 heavy (non-hydrogen) atoms. The number of thiol groups is 1. The van der Waals surface area contributed by atoms with Crippen molar-refractivity contribution in [2.45, 2.75) is 20.4 Å². The Bertz CT molecular complexity index is 323. The molecule has 1 unspecified atom stereocenters. The highest BCUT2D eigenvalue weighted by molar-refractivity contribution is 7.80. The summed E-state index contributed by atoms with van der Waals surface area (Å²) < 4.78 is 12.8. The van der Waals surface area contributed by atoms with E-state index in [4.69, 9.17) is 0 Å². The van der Waals surface area contributed by atoms with Gasteiger partial charge in [-0.15, -0.1) is 0 Å². The van der Waals surface area contributed by atoms with Crippen LogP contribution in [0.2, 0.25) is 0 Å². The van der Waals surface area contributed by atoms with Crippen LogP contribution in [-0.4, -0.2) is 24.2 Å². The Labute approximate surface area is 109 Å². The Morgan fingerprint density at radius 3 is 2.29 bits per heavy atom. The van der Waals surface area contributed by atoms with E-state index in [0.717, 1.165) is 24.4 Å². The van der Waals surface area contributed by atoms with Crippen LogP contribution in [0.25, 0.3) is 0 Å². The Hall–Kier alpha value is -0.540. The highest BCUT2D eigenvalue weighted by Gasteiger charge is 2.14. The molecule has 0 aliphatic carbocycles. The standard InChI is InChI=1S/C14H22FNS/c1-11(2)13(10-17)9-16(3)8-12-4-6-14(15)7-5-12/h4-7,11,13,17H,8-10H2,1-3H3. The van der Waals surface area contributed by atoms with Crippen molar-refractivity contribution in [1.29, 1.82) is 0 Å². The summed E-state index contributed by atoms with van der Waals surface area (Å²) in [5.41, 5.74) is 1.15. The summed E-state index contributed by atoms with van der Waals surface area (Å²) in [5, 5.41) is 0. The molecule has 0 spiro atoms. The molecule has 1 atom stereocenters. The summed E-state index contributed by atoms with van der Waals surface area (Å²) in [6, 6.07) is 6.72. The smallest absolute Gasteiger partial charge is 0.123 e. The Balaban J connectivity index is 2.48. The van der Waals surface area contributed by atoms with E-state index in [1.54, 1.807) is 0 Å². The van der Waals surface area contributed by atoms with Gasteiger partial charge in [0.15, 0.2) is 0 Å². The van der Waals surface area contributed by atoms with Crippen LogP contribution in [0.1, 0.15) is 19.4 Å². The second-order valence-electron chi connectivity index (χ2n) is 5.01. The fourth-order valence-corrected chi connectivity index (χ4v) is 2.38. The molecule has 0 aromatic heterocycles. The van der Waals surface area contributed by atoms with Crippen LogP contribution in [0.15, 0.2) is 24.3 Å². The van der Waals surface area contributed by atoms with Gasteiger partial charge in [0.1, 0.15) is 5.82 Å². The molecule has 0 fully saturated rings. The van der Waals surface area contributed by atoms with Crippen molar-refractivity contribution >= 4 is 12.6 Å². The first-order valence-corrected chi connectivity index (χ1v) is 6.70. The van der Waals surface area contributed by atoms with Gasteiger partial charge in [-0.3, -0.25) is 0 Å². The van der Waals surface area contributed by atoms with Crippen LogP contribution < -0.4 is 0 Å². The first kappa shape index (κ1) is 14.5. The van der Waals surface area contributed by atoms with Gasteiger partial charge in [0.2, 0.25) is 0 Å². The van der Waals surface area contributed by atoms with E-state index in [0.29, 0.717) is 11.8 Å². The third-order valence-electron chi connectivity index (χ3n) is 3.09. The zero-order valence-electron chi connectivity index (χ0n) is 10.9. The molecular weight excluding hydrogens is 233 g/mol. The molecule has 0 saturated carbocycles. The summed E-state index contributed by atoms with van der Waals surface area (Å²) in [5.74, 6) is 1.98. The first-order valence-electron chi connectivity index (χ1n) is 6.06. The van der Waals surface area contributed by atoms with Crippen molar-refractivity contribution in [2.75, 3.05) is 19.3 Å². The predicted molar refractivity (Wildman–Crippen MR) is 74.9 cm³/mol. The zero-order chi connectivity index (χ0) is 12.8. The van der Waals surface area contributed by atoms with Crippen molar-refractivity contribution in [3.05, 3.63) is 35.6 Å². The maximum absolute atomic E-state index is 12.8. The molecule has 0 bridgehead atoms. The lowest BCUT2D eigenvalue weighted by atomic mass is 9.97. The van der Waals surface area contributed by atoms with E-state index in [9.17, 15) is 4.39 Å². The Morgan fingerprint density at radius 2 is 1.82 bits per heavy atom. The summed E-state index contributed by atoms with van der Waals surface area (Å²) >= 11 is 4.39. The lowest BCUT2D eigenvalue weighted by molar-refractivity contribution is 0.246. The molecular formula is C14H22FNS. The number of hydrogen-bond acceptors (Lipinski definition) is 2. The molecule has 0 aliphatic rings. The molecule has 0 heterocycles. The maximum Gasteiger partial charge on any atom is 0.123 e. The minimum Gasteiger partial charge on any atom is -0.302 e. The van der Waals surface area contributed by atoms with Crippen LogP contribution in [0.5, 0.6) is 0 Å². The van der Waals surface area contributed by atoms with Gasteiger partial charge in [0, 0.05) is 13.1 Å². The number of rotatable bonds is 6. The molecule has 3 heteroatoms. The van der Waals surface area contributed by atoms with E-state index in [1.165, 1.54) is 12.1 Å². The molecule has 96 valence electrons. The van der Waals surface area contributed by atoms with Crippen LogP contribution >= 0.6 is 12.6 Å². The largest absolute Gasteiger partial charge is 0.302 e. The molecule has 0 aliphatic heterocycles. The van der Waals surface area contributed by atoms with Crippen molar-refractivity contribution < 1.29 is 4.39 Å². The molecule has 0 N–H and O–H groups in total. The van der Waals surface area contributed by atoms with E-state index in [-0.39, 0.29) is 5.82 Å². The lowest BCUT2D eigenvalue weighted by Gasteiger charge is -2.25. The van der Waals surface area contributed by atoms with E-state index in [2.05, 4.69) is 38.4 Å². The van der Waals surface area contributed by atoms with Gasteiger partial charge in [0.25, 0.3) is 0 Å². The molecule has 1 aromatic rings. The van der Waals surface area contributed by atoms with Crippen LogP contribution in [-0.2, 0) is 6.54 Å². The molecule has 0 amide bonds. The lowest BCUT2D eigenvalue weighted by Crippen LogP contribution is -2.29. The summed E-state index contributed by atoms with van der Waals surface area (Å²) in [4.78, 5) is 2.27. The van der Waals surface area contributed by atoms with Gasteiger partial charge < -0.3 is 4.90 Å². The SMILES string of the molecule is CC(C)C(CS)CN(C)Cc1ccc(F)cc1. The summed E-state index contributed by atoms with van der Waals surface area (Å²) in [7, 11) is 2.10. The number of nitrogens with zero attached hydrogens (tertiary/aromatic N) is 1. The van der Waals surface area contributed by atoms with E-state index in [1.807, 2.05) is 12.1 Å². The average Bonchev–Trinajstić information content (AvgIpc) is 2.28. The third kappa shape index (κ3) is 5.09. The van der Waals surface area contributed by atoms with E-state index < -0.39 is 0 Å². The quantitative estimate of drug-likeness (QED) is 0.762. The molecule has 1 nitrogen and oxygen atoms in total. The van der Waals surface area contributed by atoms with Crippen LogP contribution in [0, 0.1) is 17.7 Å². The second kappa shape index (κ2) is 7.02. The first-order chi connectivity index (χ1) is 8.02. The normalized spacial score (nSPS) is 13.4. The number of benzene rings is 1.